The lowest BCUT2D eigenvalue weighted by molar-refractivity contribution is -0.387. The molecule has 4 N–H and O–H groups in total. The maximum atomic E-state index is 10.9. The Balaban J connectivity index is 2.92. The van der Waals surface area contributed by atoms with Gasteiger partial charge in [-0.25, -0.2) is 10.2 Å². The molecule has 0 saturated heterocycles. The Labute approximate surface area is 112 Å². The minimum absolute atomic E-state index is 0.0619. The minimum atomic E-state index is -0.819. The van der Waals surface area contributed by atoms with E-state index < -0.39 is 11.0 Å². The van der Waals surface area contributed by atoms with Crippen molar-refractivity contribution in [3.05, 3.63) is 33.9 Å². The molecule has 2 amide bonds. The summed E-state index contributed by atoms with van der Waals surface area (Å²) >= 11 is 1.19. The molecular weight excluding hydrogens is 272 g/mol. The average Bonchev–Trinajstić information content (AvgIpc) is 2.36. The number of nitro benzene ring substituents is 1. The van der Waals surface area contributed by atoms with Gasteiger partial charge in [0.25, 0.3) is 5.69 Å². The lowest BCUT2D eigenvalue weighted by Crippen LogP contribution is -2.24. The van der Waals surface area contributed by atoms with E-state index in [-0.39, 0.29) is 12.3 Å². The Kier molecular flexibility index (Phi) is 5.76. The van der Waals surface area contributed by atoms with Crippen molar-refractivity contribution in [2.24, 2.45) is 10.8 Å². The topological polar surface area (TPSA) is 131 Å². The Morgan fingerprint density at radius 1 is 1.63 bits per heavy atom. The van der Waals surface area contributed by atoms with Gasteiger partial charge in [-0.05, 0) is 6.07 Å². The predicted molar refractivity (Wildman–Crippen MR) is 71.2 cm³/mol. The number of rotatable bonds is 6. The van der Waals surface area contributed by atoms with E-state index >= 15 is 0 Å². The van der Waals surface area contributed by atoms with Crippen molar-refractivity contribution < 1.29 is 14.8 Å². The number of carbonyl (C=O) groups excluding carboxylic acids is 1. The van der Waals surface area contributed by atoms with Gasteiger partial charge in [0, 0.05) is 17.4 Å². The van der Waals surface area contributed by atoms with E-state index in [0.29, 0.717) is 16.2 Å². The van der Waals surface area contributed by atoms with E-state index in [1.807, 2.05) is 5.43 Å². The van der Waals surface area contributed by atoms with Crippen LogP contribution in [0.3, 0.4) is 0 Å². The van der Waals surface area contributed by atoms with Crippen molar-refractivity contribution in [2.75, 3.05) is 12.4 Å². The third-order valence-corrected chi connectivity index (χ3v) is 2.96. The maximum Gasteiger partial charge on any atom is 0.332 e. The number of nitrogens with one attached hydrogen (secondary N) is 1. The molecule has 1 aromatic carbocycles. The number of carbonyl (C=O) groups is 1. The van der Waals surface area contributed by atoms with Crippen LogP contribution >= 0.6 is 11.8 Å². The standard InChI is InChI=1S/C10H12N4O4S/c11-10(16)13-12-6-7-1-2-9(19-4-3-15)8(5-7)14(17)18/h1-2,5-6,15H,3-4H2,(H3,11,13,16)/b12-6-. The molecule has 0 aliphatic rings. The van der Waals surface area contributed by atoms with Gasteiger partial charge in [0.1, 0.15) is 0 Å². The van der Waals surface area contributed by atoms with Gasteiger partial charge in [-0.3, -0.25) is 10.1 Å². The zero-order chi connectivity index (χ0) is 14.3. The molecule has 0 bridgehead atoms. The van der Waals surface area contributed by atoms with Crippen LogP contribution in [-0.4, -0.2) is 34.6 Å². The lowest BCUT2D eigenvalue weighted by Gasteiger charge is -2.02. The van der Waals surface area contributed by atoms with Crippen molar-refractivity contribution in [3.63, 3.8) is 0 Å². The summed E-state index contributed by atoms with van der Waals surface area (Å²) in [6.45, 7) is -0.0619. The monoisotopic (exact) mass is 284 g/mol. The summed E-state index contributed by atoms with van der Waals surface area (Å²) in [5.74, 6) is 0.373. The molecule has 9 heteroatoms. The highest BCUT2D eigenvalue weighted by atomic mass is 32.2. The van der Waals surface area contributed by atoms with Crippen LogP contribution in [0.15, 0.2) is 28.2 Å². The van der Waals surface area contributed by atoms with E-state index in [1.165, 1.54) is 24.0 Å². The summed E-state index contributed by atoms with van der Waals surface area (Å²) in [4.78, 5) is 21.3. The van der Waals surface area contributed by atoms with Gasteiger partial charge in [0.05, 0.1) is 22.6 Å². The van der Waals surface area contributed by atoms with E-state index in [9.17, 15) is 14.9 Å². The van der Waals surface area contributed by atoms with Crippen LogP contribution in [0.2, 0.25) is 0 Å². The van der Waals surface area contributed by atoms with Crippen LogP contribution in [0, 0.1) is 10.1 Å². The number of nitrogens with two attached hydrogens (primary N) is 1. The lowest BCUT2D eigenvalue weighted by atomic mass is 10.2. The normalized spacial score (nSPS) is 10.6. The Hall–Kier alpha value is -2.13. The first-order valence-corrected chi connectivity index (χ1v) is 6.13. The van der Waals surface area contributed by atoms with Crippen molar-refractivity contribution >= 4 is 29.7 Å². The second-order valence-corrected chi connectivity index (χ2v) is 4.43. The first-order valence-electron chi connectivity index (χ1n) is 5.15. The summed E-state index contributed by atoms with van der Waals surface area (Å²) in [5.41, 5.74) is 7.18. The zero-order valence-corrected chi connectivity index (χ0v) is 10.6. The summed E-state index contributed by atoms with van der Waals surface area (Å²) in [6, 6.07) is 3.68. The van der Waals surface area contributed by atoms with E-state index in [1.54, 1.807) is 12.1 Å². The molecule has 0 heterocycles. The van der Waals surface area contributed by atoms with Gasteiger partial charge in [0.2, 0.25) is 0 Å². The van der Waals surface area contributed by atoms with Gasteiger partial charge < -0.3 is 10.8 Å². The quantitative estimate of drug-likeness (QED) is 0.306. The average molecular weight is 284 g/mol. The zero-order valence-electron chi connectivity index (χ0n) is 9.78. The van der Waals surface area contributed by atoms with Crippen LogP contribution in [0.1, 0.15) is 5.56 Å². The fraction of sp³-hybridized carbons (Fsp3) is 0.200. The highest BCUT2D eigenvalue weighted by Gasteiger charge is 2.14. The Morgan fingerprint density at radius 3 is 2.95 bits per heavy atom. The van der Waals surface area contributed by atoms with Crippen LogP contribution in [0.5, 0.6) is 0 Å². The molecule has 8 nitrogen and oxygen atoms in total. The highest BCUT2D eigenvalue weighted by molar-refractivity contribution is 7.99. The molecular formula is C10H12N4O4S. The van der Waals surface area contributed by atoms with Crippen molar-refractivity contribution in [1.82, 2.24) is 5.43 Å². The molecule has 102 valence electrons. The molecule has 1 aromatic rings. The predicted octanol–water partition coefficient (Wildman–Crippen LogP) is 0.681. The number of urea groups is 1. The number of amides is 2. The van der Waals surface area contributed by atoms with Crippen molar-refractivity contribution in [1.29, 1.82) is 0 Å². The highest BCUT2D eigenvalue weighted by Crippen LogP contribution is 2.29. The van der Waals surface area contributed by atoms with Crippen molar-refractivity contribution in [2.45, 2.75) is 4.90 Å². The molecule has 0 atom stereocenters. The smallest absolute Gasteiger partial charge is 0.332 e. The van der Waals surface area contributed by atoms with Gasteiger partial charge in [-0.2, -0.15) is 5.10 Å². The first kappa shape index (κ1) is 14.9. The number of nitrogens with zero attached hydrogens (tertiary/aromatic N) is 2. The summed E-state index contributed by atoms with van der Waals surface area (Å²) in [6.07, 6.45) is 1.25. The van der Waals surface area contributed by atoms with Gasteiger partial charge >= 0.3 is 6.03 Å². The minimum Gasteiger partial charge on any atom is -0.396 e. The number of aliphatic hydroxyl groups excluding tert-OH is 1. The number of nitro groups is 1. The van der Waals surface area contributed by atoms with Crippen LogP contribution in [-0.2, 0) is 0 Å². The first-order chi connectivity index (χ1) is 9.04. The molecule has 0 radical (unpaired) electrons. The van der Waals surface area contributed by atoms with Gasteiger partial charge in [0.15, 0.2) is 0 Å². The number of thioether (sulfide) groups is 1. The Bertz CT molecular complexity index is 506. The number of aliphatic hydroxyl groups is 1. The van der Waals surface area contributed by atoms with E-state index in [4.69, 9.17) is 10.8 Å². The Morgan fingerprint density at radius 2 is 2.37 bits per heavy atom. The number of hydrazone groups is 1. The number of benzene rings is 1. The second kappa shape index (κ2) is 7.34. The molecule has 0 saturated carbocycles. The van der Waals surface area contributed by atoms with Crippen LogP contribution in [0.4, 0.5) is 10.5 Å². The second-order valence-electron chi connectivity index (χ2n) is 3.29. The number of hydrogen-bond acceptors (Lipinski definition) is 6. The SMILES string of the molecule is NC(=O)N/N=C\c1ccc(SCCO)c([N+](=O)[O-])c1. The summed E-state index contributed by atoms with van der Waals surface area (Å²) in [7, 11) is 0. The molecule has 0 aliphatic carbocycles. The van der Waals surface area contributed by atoms with Crippen molar-refractivity contribution in [3.8, 4) is 0 Å². The molecule has 1 rings (SSSR count). The largest absolute Gasteiger partial charge is 0.396 e. The van der Waals surface area contributed by atoms with Gasteiger partial charge in [-0.1, -0.05) is 6.07 Å². The molecule has 0 unspecified atom stereocenters. The van der Waals surface area contributed by atoms with Crippen LogP contribution < -0.4 is 11.2 Å². The fourth-order valence-corrected chi connectivity index (χ4v) is 1.96. The summed E-state index contributed by atoms with van der Waals surface area (Å²) in [5, 5.41) is 23.1. The van der Waals surface area contributed by atoms with E-state index in [0.717, 1.165) is 0 Å². The number of primary amides is 1. The van der Waals surface area contributed by atoms with Crippen LogP contribution in [0.25, 0.3) is 0 Å². The number of hydrogen-bond donors (Lipinski definition) is 3. The fourth-order valence-electron chi connectivity index (χ4n) is 1.21. The summed E-state index contributed by atoms with van der Waals surface area (Å²) < 4.78 is 0. The molecule has 19 heavy (non-hydrogen) atoms. The molecule has 0 spiro atoms. The molecule has 0 aromatic heterocycles. The molecule has 0 fully saturated rings. The molecule has 0 aliphatic heterocycles. The maximum absolute atomic E-state index is 10.9. The third kappa shape index (κ3) is 4.94. The van der Waals surface area contributed by atoms with E-state index in [2.05, 4.69) is 5.10 Å². The third-order valence-electron chi connectivity index (χ3n) is 1.92. The van der Waals surface area contributed by atoms with Gasteiger partial charge in [-0.15, -0.1) is 11.8 Å².